The normalized spacial score (nSPS) is 21.7. The van der Waals surface area contributed by atoms with Crippen LogP contribution in [0.25, 0.3) is 0 Å². The maximum Gasteiger partial charge on any atom is 0.293 e. The van der Waals surface area contributed by atoms with Gasteiger partial charge in [-0.2, -0.15) is 5.26 Å². The summed E-state index contributed by atoms with van der Waals surface area (Å²) in [6.07, 6.45) is 5.47. The first-order chi connectivity index (χ1) is 12.2. The second-order valence-electron chi connectivity index (χ2n) is 6.58. The van der Waals surface area contributed by atoms with Crippen LogP contribution >= 0.6 is 0 Å². The van der Waals surface area contributed by atoms with Gasteiger partial charge in [0.15, 0.2) is 0 Å². The molecule has 0 N–H and O–H groups in total. The summed E-state index contributed by atoms with van der Waals surface area (Å²) in [5.41, 5.74) is 0.883. The van der Waals surface area contributed by atoms with E-state index in [1.165, 1.54) is 12.5 Å². The van der Waals surface area contributed by atoms with Gasteiger partial charge in [-0.05, 0) is 44.2 Å². The molecule has 134 valence electrons. The topological polar surface area (TPSA) is 88.6 Å². The molecule has 0 aliphatic carbocycles. The molecule has 2 saturated heterocycles. The van der Waals surface area contributed by atoms with E-state index < -0.39 is 4.92 Å². The molecule has 2 aliphatic rings. The van der Waals surface area contributed by atoms with Gasteiger partial charge in [-0.3, -0.25) is 10.1 Å². The summed E-state index contributed by atoms with van der Waals surface area (Å²) >= 11 is 0. The predicted molar refractivity (Wildman–Crippen MR) is 92.6 cm³/mol. The lowest BCUT2D eigenvalue weighted by molar-refractivity contribution is -0.384. The van der Waals surface area contributed by atoms with Gasteiger partial charge in [0, 0.05) is 25.8 Å². The van der Waals surface area contributed by atoms with Crippen LogP contribution in [0.5, 0.6) is 0 Å². The van der Waals surface area contributed by atoms with E-state index in [1.54, 1.807) is 12.1 Å². The molecule has 2 heterocycles. The summed E-state index contributed by atoms with van der Waals surface area (Å²) in [5, 5.41) is 20.2. The van der Waals surface area contributed by atoms with E-state index in [-0.39, 0.29) is 17.9 Å². The molecule has 1 aromatic rings. The molecule has 0 amide bonds. The molecule has 3 rings (SSSR count). The van der Waals surface area contributed by atoms with Crippen molar-refractivity contribution in [3.05, 3.63) is 33.9 Å². The van der Waals surface area contributed by atoms with E-state index in [0.717, 1.165) is 32.3 Å². The number of anilines is 1. The second kappa shape index (κ2) is 8.28. The van der Waals surface area contributed by atoms with Gasteiger partial charge in [0.05, 0.1) is 35.4 Å². The number of ether oxygens (including phenoxy) is 2. The fourth-order valence-electron chi connectivity index (χ4n) is 3.45. The third kappa shape index (κ3) is 4.47. The molecule has 25 heavy (non-hydrogen) atoms. The number of hydrogen-bond donors (Lipinski definition) is 0. The fourth-order valence-corrected chi connectivity index (χ4v) is 3.45. The van der Waals surface area contributed by atoms with Crippen molar-refractivity contribution < 1.29 is 14.4 Å². The monoisotopic (exact) mass is 345 g/mol. The SMILES string of the molecule is N#Cc1ccc(N2CCC(OC[C@@H]3CCCCO3)CC2)c([N+](=O)[O-])c1. The minimum Gasteiger partial charge on any atom is -0.376 e. The van der Waals surface area contributed by atoms with Gasteiger partial charge >= 0.3 is 0 Å². The van der Waals surface area contributed by atoms with Crippen LogP contribution in [-0.4, -0.2) is 43.4 Å². The first kappa shape index (κ1) is 17.6. The Hall–Kier alpha value is -2.17. The number of nitro benzene ring substituents is 1. The highest BCUT2D eigenvalue weighted by atomic mass is 16.6. The van der Waals surface area contributed by atoms with Crippen molar-refractivity contribution in [3.8, 4) is 6.07 Å². The molecule has 2 aliphatic heterocycles. The van der Waals surface area contributed by atoms with E-state index in [9.17, 15) is 10.1 Å². The molecule has 0 bridgehead atoms. The zero-order chi connectivity index (χ0) is 17.6. The maximum absolute atomic E-state index is 11.3. The minimum atomic E-state index is -0.417. The molecule has 0 unspecified atom stereocenters. The number of rotatable bonds is 5. The van der Waals surface area contributed by atoms with Gasteiger partial charge in [0.2, 0.25) is 0 Å². The van der Waals surface area contributed by atoms with E-state index >= 15 is 0 Å². The molecular formula is C18H23N3O4. The summed E-state index contributed by atoms with van der Waals surface area (Å²) in [4.78, 5) is 12.9. The van der Waals surface area contributed by atoms with Crippen molar-refractivity contribution in [3.63, 3.8) is 0 Å². The average molecular weight is 345 g/mol. The van der Waals surface area contributed by atoms with E-state index in [0.29, 0.717) is 30.9 Å². The Balaban J connectivity index is 1.55. The van der Waals surface area contributed by atoms with Crippen LogP contribution in [0.2, 0.25) is 0 Å². The lowest BCUT2D eigenvalue weighted by Gasteiger charge is -2.34. The Kier molecular flexibility index (Phi) is 5.84. The standard InChI is InChI=1S/C18H23N3O4/c19-12-14-4-5-17(18(11-14)21(22)23)20-8-6-15(7-9-20)25-13-16-3-1-2-10-24-16/h4-5,11,15-16H,1-3,6-10,13H2/t16-/m0/s1. The number of nitro groups is 1. The van der Waals surface area contributed by atoms with Crippen LogP contribution in [0.15, 0.2) is 18.2 Å². The molecule has 1 atom stereocenters. The highest BCUT2D eigenvalue weighted by Gasteiger charge is 2.26. The van der Waals surface area contributed by atoms with Crippen molar-refractivity contribution >= 4 is 11.4 Å². The van der Waals surface area contributed by atoms with E-state index in [1.807, 2.05) is 11.0 Å². The van der Waals surface area contributed by atoms with E-state index in [4.69, 9.17) is 14.7 Å². The van der Waals surface area contributed by atoms with Crippen LogP contribution < -0.4 is 4.90 Å². The van der Waals surface area contributed by atoms with Crippen LogP contribution in [0, 0.1) is 21.4 Å². The highest BCUT2D eigenvalue weighted by Crippen LogP contribution is 2.31. The Labute approximate surface area is 147 Å². The Bertz CT molecular complexity index is 644. The summed E-state index contributed by atoms with van der Waals surface area (Å²) in [6.45, 7) is 2.89. The van der Waals surface area contributed by atoms with Crippen molar-refractivity contribution in [1.82, 2.24) is 0 Å². The maximum atomic E-state index is 11.3. The second-order valence-corrected chi connectivity index (χ2v) is 6.58. The van der Waals surface area contributed by atoms with Crippen molar-refractivity contribution in [2.75, 3.05) is 31.2 Å². The first-order valence-corrected chi connectivity index (χ1v) is 8.84. The third-order valence-corrected chi connectivity index (χ3v) is 4.88. The Morgan fingerprint density at radius 1 is 1.32 bits per heavy atom. The van der Waals surface area contributed by atoms with Crippen LogP contribution in [0.1, 0.15) is 37.7 Å². The van der Waals surface area contributed by atoms with Crippen LogP contribution in [-0.2, 0) is 9.47 Å². The smallest absolute Gasteiger partial charge is 0.293 e. The largest absolute Gasteiger partial charge is 0.376 e. The lowest BCUT2D eigenvalue weighted by atomic mass is 10.1. The quantitative estimate of drug-likeness (QED) is 0.602. The summed E-state index contributed by atoms with van der Waals surface area (Å²) < 4.78 is 11.7. The van der Waals surface area contributed by atoms with Gasteiger partial charge in [-0.1, -0.05) is 0 Å². The van der Waals surface area contributed by atoms with Gasteiger partial charge in [0.25, 0.3) is 5.69 Å². The zero-order valence-electron chi connectivity index (χ0n) is 14.2. The lowest BCUT2D eigenvalue weighted by Crippen LogP contribution is -2.38. The zero-order valence-corrected chi connectivity index (χ0v) is 14.2. The summed E-state index contributed by atoms with van der Waals surface area (Å²) in [7, 11) is 0. The minimum absolute atomic E-state index is 0.00553. The van der Waals surface area contributed by atoms with Gasteiger partial charge < -0.3 is 14.4 Å². The molecule has 0 aromatic heterocycles. The van der Waals surface area contributed by atoms with Crippen molar-refractivity contribution in [2.24, 2.45) is 0 Å². The summed E-state index contributed by atoms with van der Waals surface area (Å²) in [6, 6.07) is 6.60. The van der Waals surface area contributed by atoms with E-state index in [2.05, 4.69) is 0 Å². The molecule has 0 spiro atoms. The number of benzene rings is 1. The predicted octanol–water partition coefficient (Wildman–Crippen LogP) is 3.02. The molecule has 1 aromatic carbocycles. The number of hydrogen-bond acceptors (Lipinski definition) is 6. The highest BCUT2D eigenvalue weighted by molar-refractivity contribution is 5.65. The van der Waals surface area contributed by atoms with Gasteiger partial charge in [0.1, 0.15) is 5.69 Å². The molecule has 0 radical (unpaired) electrons. The number of nitriles is 1. The molecule has 0 saturated carbocycles. The molecule has 7 nitrogen and oxygen atoms in total. The van der Waals surface area contributed by atoms with Crippen LogP contribution in [0.4, 0.5) is 11.4 Å². The molecule has 7 heteroatoms. The Morgan fingerprint density at radius 3 is 2.76 bits per heavy atom. The third-order valence-electron chi connectivity index (χ3n) is 4.88. The molecular weight excluding hydrogens is 322 g/mol. The van der Waals surface area contributed by atoms with Crippen LogP contribution in [0.3, 0.4) is 0 Å². The van der Waals surface area contributed by atoms with Gasteiger partial charge in [-0.15, -0.1) is 0 Å². The van der Waals surface area contributed by atoms with Crippen molar-refractivity contribution in [1.29, 1.82) is 5.26 Å². The summed E-state index contributed by atoms with van der Waals surface area (Å²) in [5.74, 6) is 0. The fraction of sp³-hybridized carbons (Fsp3) is 0.611. The molecule has 2 fully saturated rings. The van der Waals surface area contributed by atoms with Gasteiger partial charge in [-0.25, -0.2) is 0 Å². The number of piperidine rings is 1. The first-order valence-electron chi connectivity index (χ1n) is 8.84. The number of nitrogens with zero attached hydrogens (tertiary/aromatic N) is 3. The van der Waals surface area contributed by atoms with Crippen molar-refractivity contribution in [2.45, 2.75) is 44.3 Å². The average Bonchev–Trinajstić information content (AvgIpc) is 2.67. The Morgan fingerprint density at radius 2 is 2.12 bits per heavy atom.